The van der Waals surface area contributed by atoms with Crippen LogP contribution in [0.15, 0.2) is 18.2 Å². The van der Waals surface area contributed by atoms with Crippen molar-refractivity contribution in [3.8, 4) is 0 Å². The molecule has 1 saturated heterocycles. The van der Waals surface area contributed by atoms with Crippen LogP contribution in [0.5, 0.6) is 0 Å². The average molecular weight is 337 g/mol. The Balaban J connectivity index is 2.11. The van der Waals surface area contributed by atoms with Gasteiger partial charge in [0.2, 0.25) is 0 Å². The number of rotatable bonds is 4. The van der Waals surface area contributed by atoms with Gasteiger partial charge in [-0.3, -0.25) is 15.4 Å². The Morgan fingerprint density at radius 1 is 1.50 bits per heavy atom. The lowest BCUT2D eigenvalue weighted by molar-refractivity contribution is -0.384. The van der Waals surface area contributed by atoms with Crippen LogP contribution in [-0.4, -0.2) is 42.4 Å². The number of nitro benzene ring substituents is 1. The molecule has 1 amide bonds. The zero-order chi connectivity index (χ0) is 17.7. The maximum absolute atomic E-state index is 11.8. The van der Waals surface area contributed by atoms with E-state index in [0.717, 1.165) is 12.1 Å². The van der Waals surface area contributed by atoms with Gasteiger partial charge in [-0.15, -0.1) is 0 Å². The van der Waals surface area contributed by atoms with Crippen LogP contribution in [0.3, 0.4) is 0 Å². The zero-order valence-electron chi connectivity index (χ0n) is 14.1. The number of nitrogens with one attached hydrogen (secondary N) is 2. The molecule has 0 saturated carbocycles. The highest BCUT2D eigenvalue weighted by Gasteiger charge is 2.22. The molecule has 2 N–H and O–H groups in total. The first-order valence-corrected chi connectivity index (χ1v) is 7.84. The molecule has 8 heteroatoms. The third kappa shape index (κ3) is 5.47. The zero-order valence-corrected chi connectivity index (χ0v) is 14.1. The molecule has 1 atom stereocenters. The molecule has 1 aromatic carbocycles. The highest BCUT2D eigenvalue weighted by molar-refractivity contribution is 5.88. The summed E-state index contributed by atoms with van der Waals surface area (Å²) >= 11 is 0. The Hall–Kier alpha value is -2.19. The van der Waals surface area contributed by atoms with E-state index in [1.807, 2.05) is 0 Å². The minimum Gasteiger partial charge on any atom is -0.444 e. The summed E-state index contributed by atoms with van der Waals surface area (Å²) in [5, 5.41) is 17.0. The summed E-state index contributed by atoms with van der Waals surface area (Å²) in [4.78, 5) is 22.6. The predicted octanol–water partition coefficient (Wildman–Crippen LogP) is 2.47. The maximum atomic E-state index is 11.8. The SMILES string of the molecule is CC(C)(C)OC(=O)Nc1ccc(CC2CNCCO2)cc1[N+](=O)[O-]. The van der Waals surface area contributed by atoms with E-state index in [1.54, 1.807) is 26.8 Å². The van der Waals surface area contributed by atoms with Crippen molar-refractivity contribution in [2.75, 3.05) is 25.0 Å². The van der Waals surface area contributed by atoms with Gasteiger partial charge in [-0.05, 0) is 32.4 Å². The number of carbonyl (C=O) groups is 1. The van der Waals surface area contributed by atoms with Crippen molar-refractivity contribution in [2.24, 2.45) is 0 Å². The number of nitrogens with zero attached hydrogens (tertiary/aromatic N) is 1. The fourth-order valence-electron chi connectivity index (χ4n) is 2.39. The third-order valence-corrected chi connectivity index (χ3v) is 3.36. The lowest BCUT2D eigenvalue weighted by atomic mass is 10.1. The first-order valence-electron chi connectivity index (χ1n) is 7.84. The fourth-order valence-corrected chi connectivity index (χ4v) is 2.39. The molecule has 1 aliphatic heterocycles. The molecule has 1 fully saturated rings. The van der Waals surface area contributed by atoms with Gasteiger partial charge in [-0.1, -0.05) is 6.07 Å². The Morgan fingerprint density at radius 2 is 2.25 bits per heavy atom. The number of amides is 1. The number of carbonyl (C=O) groups excluding carboxylic acids is 1. The molecule has 1 unspecified atom stereocenters. The van der Waals surface area contributed by atoms with Crippen LogP contribution in [0.25, 0.3) is 0 Å². The molecular formula is C16H23N3O5. The topological polar surface area (TPSA) is 103 Å². The molecule has 132 valence electrons. The van der Waals surface area contributed by atoms with E-state index < -0.39 is 16.6 Å². The van der Waals surface area contributed by atoms with Gasteiger partial charge < -0.3 is 14.8 Å². The van der Waals surface area contributed by atoms with Crippen molar-refractivity contribution in [3.63, 3.8) is 0 Å². The molecule has 8 nitrogen and oxygen atoms in total. The highest BCUT2D eigenvalue weighted by Crippen LogP contribution is 2.27. The molecular weight excluding hydrogens is 314 g/mol. The van der Waals surface area contributed by atoms with Gasteiger partial charge in [0, 0.05) is 25.6 Å². The van der Waals surface area contributed by atoms with E-state index in [4.69, 9.17) is 9.47 Å². The van der Waals surface area contributed by atoms with Crippen LogP contribution < -0.4 is 10.6 Å². The number of morpholine rings is 1. The second-order valence-corrected chi connectivity index (χ2v) is 6.64. The summed E-state index contributed by atoms with van der Waals surface area (Å²) < 4.78 is 10.7. The molecule has 24 heavy (non-hydrogen) atoms. The quantitative estimate of drug-likeness (QED) is 0.646. The van der Waals surface area contributed by atoms with Gasteiger partial charge in [0.1, 0.15) is 11.3 Å². The summed E-state index contributed by atoms with van der Waals surface area (Å²) in [7, 11) is 0. The highest BCUT2D eigenvalue weighted by atomic mass is 16.6. The number of anilines is 1. The Bertz CT molecular complexity index is 606. The summed E-state index contributed by atoms with van der Waals surface area (Å²) in [5.41, 5.74) is 0.0531. The van der Waals surface area contributed by atoms with Crippen molar-refractivity contribution < 1.29 is 19.2 Å². The van der Waals surface area contributed by atoms with Gasteiger partial charge in [0.25, 0.3) is 5.69 Å². The van der Waals surface area contributed by atoms with E-state index >= 15 is 0 Å². The largest absolute Gasteiger partial charge is 0.444 e. The minimum absolute atomic E-state index is 0.0111. The number of nitro groups is 1. The number of ether oxygens (including phenoxy) is 2. The van der Waals surface area contributed by atoms with Crippen LogP contribution >= 0.6 is 0 Å². The molecule has 0 aliphatic carbocycles. The second kappa shape index (κ2) is 7.59. The summed E-state index contributed by atoms with van der Waals surface area (Å²) in [5.74, 6) is 0. The number of benzene rings is 1. The van der Waals surface area contributed by atoms with Gasteiger partial charge >= 0.3 is 6.09 Å². The minimum atomic E-state index is -0.724. The van der Waals surface area contributed by atoms with Crippen LogP contribution in [0.2, 0.25) is 0 Å². The predicted molar refractivity (Wildman–Crippen MR) is 89.3 cm³/mol. The lowest BCUT2D eigenvalue weighted by Crippen LogP contribution is -2.39. The monoisotopic (exact) mass is 337 g/mol. The molecule has 0 bridgehead atoms. The van der Waals surface area contributed by atoms with Crippen molar-refractivity contribution >= 4 is 17.5 Å². The molecule has 0 spiro atoms. The van der Waals surface area contributed by atoms with E-state index in [0.29, 0.717) is 19.6 Å². The first-order chi connectivity index (χ1) is 11.2. The van der Waals surface area contributed by atoms with Gasteiger partial charge in [-0.25, -0.2) is 4.79 Å². The first kappa shape index (κ1) is 18.2. The fraction of sp³-hybridized carbons (Fsp3) is 0.562. The molecule has 0 aromatic heterocycles. The van der Waals surface area contributed by atoms with Gasteiger partial charge in [-0.2, -0.15) is 0 Å². The summed E-state index contributed by atoms with van der Waals surface area (Å²) in [6.07, 6.45) is -0.165. The standard InChI is InChI=1S/C16H23N3O5/c1-16(2,3)24-15(20)18-13-5-4-11(9-14(13)19(21)22)8-12-10-17-6-7-23-12/h4-5,9,12,17H,6-8,10H2,1-3H3,(H,18,20). The number of hydrogen-bond donors (Lipinski definition) is 2. The van der Waals surface area contributed by atoms with Crippen LogP contribution in [0.1, 0.15) is 26.3 Å². The smallest absolute Gasteiger partial charge is 0.412 e. The molecule has 2 rings (SSSR count). The van der Waals surface area contributed by atoms with Crippen LogP contribution in [0.4, 0.5) is 16.2 Å². The molecule has 0 radical (unpaired) electrons. The van der Waals surface area contributed by atoms with E-state index in [1.165, 1.54) is 12.1 Å². The number of hydrogen-bond acceptors (Lipinski definition) is 6. The van der Waals surface area contributed by atoms with Crippen molar-refractivity contribution in [1.82, 2.24) is 5.32 Å². The molecule has 1 heterocycles. The summed E-state index contributed by atoms with van der Waals surface area (Å²) in [6.45, 7) is 7.33. The Labute approximate surface area is 140 Å². The van der Waals surface area contributed by atoms with Gasteiger partial charge in [0.15, 0.2) is 0 Å². The average Bonchev–Trinajstić information content (AvgIpc) is 2.47. The molecule has 1 aliphatic rings. The maximum Gasteiger partial charge on any atom is 0.412 e. The summed E-state index contributed by atoms with van der Waals surface area (Å²) in [6, 6.07) is 4.73. The Kier molecular flexibility index (Phi) is 5.74. The van der Waals surface area contributed by atoms with E-state index in [2.05, 4.69) is 10.6 Å². The third-order valence-electron chi connectivity index (χ3n) is 3.36. The van der Waals surface area contributed by atoms with Crippen molar-refractivity contribution in [2.45, 2.75) is 38.9 Å². The van der Waals surface area contributed by atoms with E-state index in [9.17, 15) is 14.9 Å². The normalized spacial score (nSPS) is 18.0. The second-order valence-electron chi connectivity index (χ2n) is 6.64. The Morgan fingerprint density at radius 3 is 2.83 bits per heavy atom. The van der Waals surface area contributed by atoms with E-state index in [-0.39, 0.29) is 17.5 Å². The molecule has 1 aromatic rings. The van der Waals surface area contributed by atoms with Crippen LogP contribution in [-0.2, 0) is 15.9 Å². The lowest BCUT2D eigenvalue weighted by Gasteiger charge is -2.23. The van der Waals surface area contributed by atoms with Gasteiger partial charge in [0.05, 0.1) is 17.6 Å². The van der Waals surface area contributed by atoms with Crippen LogP contribution in [0, 0.1) is 10.1 Å². The van der Waals surface area contributed by atoms with Crippen molar-refractivity contribution in [1.29, 1.82) is 0 Å². The van der Waals surface area contributed by atoms with Crippen molar-refractivity contribution in [3.05, 3.63) is 33.9 Å².